The maximum atomic E-state index is 12.2. The average Bonchev–Trinajstić information content (AvgIpc) is 2.64. The van der Waals surface area contributed by atoms with Crippen molar-refractivity contribution in [3.05, 3.63) is 29.8 Å². The van der Waals surface area contributed by atoms with Crippen molar-refractivity contribution < 1.29 is 13.9 Å². The summed E-state index contributed by atoms with van der Waals surface area (Å²) in [5.41, 5.74) is 0.176. The molecule has 2 rings (SSSR count). The van der Waals surface area contributed by atoms with E-state index < -0.39 is 11.4 Å². The van der Waals surface area contributed by atoms with Gasteiger partial charge >= 0.3 is 0 Å². The van der Waals surface area contributed by atoms with E-state index in [0.29, 0.717) is 36.0 Å². The first-order chi connectivity index (χ1) is 8.07. The quantitative estimate of drug-likeness (QED) is 0.814. The standard InChI is InChI=1S/C12H15F2NOS/c13-11(14)17-10-3-1-2-9(6-10)7-12(16)4-5-15-8-12/h1-3,6,11,15-16H,4-5,7-8H2. The lowest BCUT2D eigenvalue weighted by atomic mass is 9.94. The third-order valence-corrected chi connectivity index (χ3v) is 3.58. The van der Waals surface area contributed by atoms with Crippen LogP contribution in [0.4, 0.5) is 8.78 Å². The Kier molecular flexibility index (Phi) is 4.01. The summed E-state index contributed by atoms with van der Waals surface area (Å²) in [4.78, 5) is 0.548. The number of rotatable bonds is 4. The van der Waals surface area contributed by atoms with Gasteiger partial charge in [-0.25, -0.2) is 0 Å². The van der Waals surface area contributed by atoms with E-state index in [2.05, 4.69) is 5.32 Å². The van der Waals surface area contributed by atoms with Gasteiger partial charge in [-0.3, -0.25) is 0 Å². The molecule has 17 heavy (non-hydrogen) atoms. The lowest BCUT2D eigenvalue weighted by molar-refractivity contribution is 0.0618. The van der Waals surface area contributed by atoms with Crippen molar-refractivity contribution in [1.82, 2.24) is 5.32 Å². The highest BCUT2D eigenvalue weighted by atomic mass is 32.2. The number of aliphatic hydroxyl groups is 1. The van der Waals surface area contributed by atoms with Crippen molar-refractivity contribution in [2.75, 3.05) is 13.1 Å². The lowest BCUT2D eigenvalue weighted by Gasteiger charge is -2.21. The number of thioether (sulfide) groups is 1. The molecule has 0 bridgehead atoms. The van der Waals surface area contributed by atoms with Crippen LogP contribution in [-0.2, 0) is 6.42 Å². The molecule has 1 aliphatic heterocycles. The van der Waals surface area contributed by atoms with Gasteiger partial charge in [0.2, 0.25) is 0 Å². The minimum Gasteiger partial charge on any atom is -0.388 e. The molecule has 1 atom stereocenters. The predicted octanol–water partition coefficient (Wildman–Crippen LogP) is 2.27. The summed E-state index contributed by atoms with van der Waals surface area (Å²) >= 11 is 0.539. The Morgan fingerprint density at radius 2 is 2.29 bits per heavy atom. The van der Waals surface area contributed by atoms with Crippen molar-refractivity contribution in [1.29, 1.82) is 0 Å². The molecule has 2 nitrogen and oxygen atoms in total. The summed E-state index contributed by atoms with van der Waals surface area (Å²) < 4.78 is 24.5. The monoisotopic (exact) mass is 259 g/mol. The number of benzene rings is 1. The van der Waals surface area contributed by atoms with Crippen molar-refractivity contribution in [2.24, 2.45) is 0 Å². The highest BCUT2D eigenvalue weighted by Gasteiger charge is 2.30. The van der Waals surface area contributed by atoms with Crippen molar-refractivity contribution in [3.63, 3.8) is 0 Å². The summed E-state index contributed by atoms with van der Waals surface area (Å²) in [5.74, 6) is -2.40. The van der Waals surface area contributed by atoms with E-state index in [4.69, 9.17) is 0 Å². The van der Waals surface area contributed by atoms with Crippen molar-refractivity contribution in [3.8, 4) is 0 Å². The second-order valence-corrected chi connectivity index (χ2v) is 5.42. The second kappa shape index (κ2) is 5.33. The largest absolute Gasteiger partial charge is 0.388 e. The molecule has 1 fully saturated rings. The average molecular weight is 259 g/mol. The molecule has 0 amide bonds. The molecule has 1 aromatic rings. The fourth-order valence-corrected chi connectivity index (χ4v) is 2.68. The summed E-state index contributed by atoms with van der Waals surface area (Å²) in [5, 5.41) is 13.3. The number of β-amino-alcohol motifs (C(OH)–C–C–N with tert-alkyl or cyclic N) is 1. The third-order valence-electron chi connectivity index (χ3n) is 2.88. The highest BCUT2D eigenvalue weighted by Crippen LogP contribution is 2.27. The molecule has 0 aromatic heterocycles. The fraction of sp³-hybridized carbons (Fsp3) is 0.500. The minimum absolute atomic E-state index is 0.512. The van der Waals surface area contributed by atoms with E-state index in [-0.39, 0.29) is 0 Å². The molecule has 2 N–H and O–H groups in total. The zero-order valence-corrected chi connectivity index (χ0v) is 10.1. The first-order valence-corrected chi connectivity index (χ1v) is 6.42. The van der Waals surface area contributed by atoms with E-state index in [1.54, 1.807) is 18.2 Å². The van der Waals surface area contributed by atoms with Gasteiger partial charge in [0.1, 0.15) is 0 Å². The molecular weight excluding hydrogens is 244 g/mol. The van der Waals surface area contributed by atoms with E-state index in [1.165, 1.54) is 0 Å². The Balaban J connectivity index is 2.05. The number of nitrogens with one attached hydrogen (secondary N) is 1. The molecule has 0 spiro atoms. The van der Waals surface area contributed by atoms with Crippen LogP contribution in [0.5, 0.6) is 0 Å². The third kappa shape index (κ3) is 3.66. The molecule has 5 heteroatoms. The lowest BCUT2D eigenvalue weighted by Crippen LogP contribution is -2.33. The minimum atomic E-state index is -2.40. The fourth-order valence-electron chi connectivity index (χ4n) is 2.09. The smallest absolute Gasteiger partial charge is 0.288 e. The van der Waals surface area contributed by atoms with Gasteiger partial charge in [-0.2, -0.15) is 8.78 Å². The van der Waals surface area contributed by atoms with Crippen LogP contribution in [0.2, 0.25) is 0 Å². The van der Waals surface area contributed by atoms with Crippen LogP contribution < -0.4 is 5.32 Å². The Bertz CT molecular complexity index is 381. The maximum Gasteiger partial charge on any atom is 0.288 e. The Labute approximate surface area is 103 Å². The summed E-state index contributed by atoms with van der Waals surface area (Å²) in [6.45, 7) is 1.38. The first-order valence-electron chi connectivity index (χ1n) is 5.54. The van der Waals surface area contributed by atoms with Crippen LogP contribution in [0.25, 0.3) is 0 Å². The number of halogens is 2. The molecule has 1 saturated heterocycles. The van der Waals surface area contributed by atoms with Crippen molar-refractivity contribution in [2.45, 2.75) is 29.1 Å². The van der Waals surface area contributed by atoms with Gasteiger partial charge in [-0.15, -0.1) is 0 Å². The number of alkyl halides is 2. The summed E-state index contributed by atoms with van der Waals surface area (Å²) in [6, 6.07) is 7.02. The molecule has 94 valence electrons. The van der Waals surface area contributed by atoms with E-state index in [1.807, 2.05) is 6.07 Å². The van der Waals surface area contributed by atoms with Gasteiger partial charge in [0.15, 0.2) is 0 Å². The van der Waals surface area contributed by atoms with Gasteiger partial charge in [-0.1, -0.05) is 23.9 Å². The molecule has 0 radical (unpaired) electrons. The molecule has 0 aliphatic carbocycles. The molecule has 1 heterocycles. The summed E-state index contributed by atoms with van der Waals surface area (Å²) in [7, 11) is 0. The Hall–Kier alpha value is -0.650. The van der Waals surface area contributed by atoms with E-state index >= 15 is 0 Å². The van der Waals surface area contributed by atoms with Crippen LogP contribution in [0.3, 0.4) is 0 Å². The van der Waals surface area contributed by atoms with Crippen molar-refractivity contribution >= 4 is 11.8 Å². The SMILES string of the molecule is OC1(Cc2cccc(SC(F)F)c2)CCNC1. The Morgan fingerprint density at radius 1 is 1.47 bits per heavy atom. The molecular formula is C12H15F2NOS. The second-order valence-electron chi connectivity index (χ2n) is 4.35. The first kappa shape index (κ1) is 12.8. The molecule has 1 aliphatic rings. The van der Waals surface area contributed by atoms with E-state index in [0.717, 1.165) is 12.1 Å². The van der Waals surface area contributed by atoms with Crippen LogP contribution in [0.15, 0.2) is 29.2 Å². The van der Waals surface area contributed by atoms with Gasteiger partial charge in [0.05, 0.1) is 5.60 Å². The van der Waals surface area contributed by atoms with Gasteiger partial charge < -0.3 is 10.4 Å². The van der Waals surface area contributed by atoms with Gasteiger partial charge in [-0.05, 0) is 30.7 Å². The number of hydrogen-bond donors (Lipinski definition) is 2. The number of hydrogen-bond acceptors (Lipinski definition) is 3. The zero-order chi connectivity index (χ0) is 12.3. The predicted molar refractivity (Wildman–Crippen MR) is 64.4 cm³/mol. The molecule has 1 unspecified atom stereocenters. The van der Waals surface area contributed by atoms with Crippen LogP contribution in [0, 0.1) is 0 Å². The van der Waals surface area contributed by atoms with Gasteiger partial charge in [0, 0.05) is 17.9 Å². The maximum absolute atomic E-state index is 12.2. The normalized spacial score (nSPS) is 24.5. The van der Waals surface area contributed by atoms with E-state index in [9.17, 15) is 13.9 Å². The molecule has 1 aromatic carbocycles. The topological polar surface area (TPSA) is 32.3 Å². The zero-order valence-electron chi connectivity index (χ0n) is 9.33. The van der Waals surface area contributed by atoms with Crippen LogP contribution in [0.1, 0.15) is 12.0 Å². The summed E-state index contributed by atoms with van der Waals surface area (Å²) in [6.07, 6.45) is 1.22. The highest BCUT2D eigenvalue weighted by molar-refractivity contribution is 7.99. The molecule has 0 saturated carbocycles. The van der Waals surface area contributed by atoms with Gasteiger partial charge in [0.25, 0.3) is 5.76 Å². The van der Waals surface area contributed by atoms with Crippen LogP contribution >= 0.6 is 11.8 Å². The Morgan fingerprint density at radius 3 is 2.94 bits per heavy atom. The van der Waals surface area contributed by atoms with Crippen LogP contribution in [-0.4, -0.2) is 29.6 Å².